The highest BCUT2D eigenvalue weighted by Crippen LogP contribution is 2.30. The highest BCUT2D eigenvalue weighted by molar-refractivity contribution is 9.10. The number of hydrogen-bond donors (Lipinski definition) is 0. The van der Waals surface area contributed by atoms with E-state index in [9.17, 15) is 0 Å². The van der Waals surface area contributed by atoms with Crippen molar-refractivity contribution in [2.24, 2.45) is 7.05 Å². The molecule has 20 heavy (non-hydrogen) atoms. The van der Waals surface area contributed by atoms with Gasteiger partial charge in [0, 0.05) is 11.5 Å². The van der Waals surface area contributed by atoms with Crippen molar-refractivity contribution in [2.75, 3.05) is 0 Å². The van der Waals surface area contributed by atoms with Gasteiger partial charge in [-0.05, 0) is 25.1 Å². The minimum Gasteiger partial charge on any atom is -0.278 e. The molecule has 2 aromatic heterocycles. The Morgan fingerprint density at radius 2 is 2.10 bits per heavy atom. The van der Waals surface area contributed by atoms with Gasteiger partial charge in [-0.25, -0.2) is 9.67 Å². The van der Waals surface area contributed by atoms with E-state index in [-0.39, 0.29) is 0 Å². The van der Waals surface area contributed by atoms with Gasteiger partial charge in [-0.15, -0.1) is 11.6 Å². The van der Waals surface area contributed by atoms with Crippen molar-refractivity contribution in [1.29, 1.82) is 0 Å². The second-order valence-corrected chi connectivity index (χ2v) is 6.06. The molecule has 0 fully saturated rings. The fraction of sp³-hybridized carbons (Fsp3) is 0.231. The van der Waals surface area contributed by atoms with Crippen LogP contribution in [0, 0.1) is 6.92 Å². The molecule has 4 nitrogen and oxygen atoms in total. The Hall–Kier alpha value is -1.04. The Bertz CT molecular complexity index is 806. The quantitative estimate of drug-likeness (QED) is 0.630. The Kier molecular flexibility index (Phi) is 3.52. The average molecular weight is 374 g/mol. The molecule has 0 saturated carbocycles. The number of halogens is 3. The van der Waals surface area contributed by atoms with E-state index in [0.29, 0.717) is 10.9 Å². The minimum atomic E-state index is 0.303. The molecule has 0 aliphatic rings. The number of hydrogen-bond acceptors (Lipinski definition) is 2. The van der Waals surface area contributed by atoms with E-state index in [1.54, 1.807) is 4.68 Å². The summed E-state index contributed by atoms with van der Waals surface area (Å²) in [4.78, 5) is 4.57. The molecule has 0 saturated heterocycles. The summed E-state index contributed by atoms with van der Waals surface area (Å²) in [7, 11) is 1.89. The molecular weight excluding hydrogens is 363 g/mol. The van der Waals surface area contributed by atoms with Crippen molar-refractivity contribution >= 4 is 50.3 Å². The molecule has 0 aliphatic heterocycles. The molecule has 1 aromatic carbocycles. The minimum absolute atomic E-state index is 0.303. The van der Waals surface area contributed by atoms with Gasteiger partial charge in [0.05, 0.1) is 22.3 Å². The average Bonchev–Trinajstić information content (AvgIpc) is 2.92. The third-order valence-electron chi connectivity index (χ3n) is 3.14. The van der Waals surface area contributed by atoms with Gasteiger partial charge in [0.15, 0.2) is 5.65 Å². The molecule has 3 aromatic rings. The number of imidazole rings is 1. The molecule has 0 atom stereocenters. The fourth-order valence-corrected chi connectivity index (χ4v) is 3.05. The van der Waals surface area contributed by atoms with E-state index in [0.717, 1.165) is 32.8 Å². The Labute approximate surface area is 134 Å². The molecule has 0 unspecified atom stereocenters. The van der Waals surface area contributed by atoms with Crippen molar-refractivity contribution in [2.45, 2.75) is 12.8 Å². The van der Waals surface area contributed by atoms with Crippen molar-refractivity contribution in [3.05, 3.63) is 39.2 Å². The van der Waals surface area contributed by atoms with Gasteiger partial charge in [-0.1, -0.05) is 27.5 Å². The zero-order valence-electron chi connectivity index (χ0n) is 10.9. The van der Waals surface area contributed by atoms with Crippen LogP contribution in [0.15, 0.2) is 22.7 Å². The molecule has 0 radical (unpaired) electrons. The Balaban J connectivity index is 2.42. The maximum atomic E-state index is 6.33. The van der Waals surface area contributed by atoms with E-state index in [1.807, 2.05) is 36.7 Å². The van der Waals surface area contributed by atoms with Crippen LogP contribution in [0.4, 0.5) is 0 Å². The van der Waals surface area contributed by atoms with Gasteiger partial charge in [0.25, 0.3) is 0 Å². The van der Waals surface area contributed by atoms with E-state index in [4.69, 9.17) is 23.2 Å². The van der Waals surface area contributed by atoms with Crippen molar-refractivity contribution in [3.63, 3.8) is 0 Å². The standard InChI is InChI=1S/C13H11BrCl2N4/c1-7-12-13(19(2)18-7)20(11(6-15)17-12)10-5-8(14)3-4-9(10)16/h3-5H,6H2,1-2H3. The van der Waals surface area contributed by atoms with Crippen LogP contribution in [0.25, 0.3) is 16.9 Å². The highest BCUT2D eigenvalue weighted by atomic mass is 79.9. The topological polar surface area (TPSA) is 35.6 Å². The number of nitrogens with zero attached hydrogens (tertiary/aromatic N) is 4. The largest absolute Gasteiger partial charge is 0.278 e. The van der Waals surface area contributed by atoms with Gasteiger partial charge in [0.2, 0.25) is 0 Å². The van der Waals surface area contributed by atoms with Crippen molar-refractivity contribution in [1.82, 2.24) is 19.3 Å². The van der Waals surface area contributed by atoms with Crippen LogP contribution in [-0.4, -0.2) is 19.3 Å². The van der Waals surface area contributed by atoms with Crippen LogP contribution in [0.1, 0.15) is 11.5 Å². The van der Waals surface area contributed by atoms with Gasteiger partial charge in [-0.3, -0.25) is 4.57 Å². The lowest BCUT2D eigenvalue weighted by Gasteiger charge is -2.10. The molecule has 3 rings (SSSR count). The molecular formula is C13H11BrCl2N4. The summed E-state index contributed by atoms with van der Waals surface area (Å²) < 4.78 is 4.69. The lowest BCUT2D eigenvalue weighted by molar-refractivity contribution is 0.755. The van der Waals surface area contributed by atoms with Crippen LogP contribution in [0.3, 0.4) is 0 Å². The summed E-state index contributed by atoms with van der Waals surface area (Å²) in [5.41, 5.74) is 3.44. The number of aromatic nitrogens is 4. The third-order valence-corrected chi connectivity index (χ3v) is 4.19. The number of alkyl halides is 1. The lowest BCUT2D eigenvalue weighted by atomic mass is 10.3. The summed E-state index contributed by atoms with van der Waals surface area (Å²) in [6.07, 6.45) is 0. The first-order valence-corrected chi connectivity index (χ1v) is 7.65. The van der Waals surface area contributed by atoms with Gasteiger partial charge in [-0.2, -0.15) is 5.10 Å². The predicted octanol–water partition coefficient (Wildman–Crippen LogP) is 4.22. The predicted molar refractivity (Wildman–Crippen MR) is 84.8 cm³/mol. The zero-order chi connectivity index (χ0) is 14.4. The van der Waals surface area contributed by atoms with E-state index in [1.165, 1.54) is 0 Å². The Morgan fingerprint density at radius 3 is 2.80 bits per heavy atom. The first-order valence-electron chi connectivity index (χ1n) is 5.95. The fourth-order valence-electron chi connectivity index (χ4n) is 2.32. The SMILES string of the molecule is Cc1nn(C)c2c1nc(CCl)n2-c1cc(Br)ccc1Cl. The van der Waals surface area contributed by atoms with Crippen LogP contribution < -0.4 is 0 Å². The first-order chi connectivity index (χ1) is 9.52. The zero-order valence-corrected chi connectivity index (χ0v) is 14.0. The molecule has 2 heterocycles. The highest BCUT2D eigenvalue weighted by Gasteiger charge is 2.19. The van der Waals surface area contributed by atoms with Crippen LogP contribution in [-0.2, 0) is 12.9 Å². The molecule has 0 spiro atoms. The van der Waals surface area contributed by atoms with E-state index in [2.05, 4.69) is 26.0 Å². The van der Waals surface area contributed by atoms with Crippen LogP contribution in [0.2, 0.25) is 5.02 Å². The molecule has 0 aliphatic carbocycles. The monoisotopic (exact) mass is 372 g/mol. The third kappa shape index (κ3) is 2.05. The summed E-state index contributed by atoms with van der Waals surface area (Å²) in [6.45, 7) is 1.93. The molecule has 0 amide bonds. The van der Waals surface area contributed by atoms with Gasteiger partial charge in [0.1, 0.15) is 11.3 Å². The maximum absolute atomic E-state index is 6.33. The lowest BCUT2D eigenvalue weighted by Crippen LogP contribution is -2.05. The summed E-state index contributed by atoms with van der Waals surface area (Å²) in [6, 6.07) is 5.69. The second kappa shape index (κ2) is 5.06. The van der Waals surface area contributed by atoms with Gasteiger partial charge >= 0.3 is 0 Å². The molecule has 7 heteroatoms. The molecule has 104 valence electrons. The normalized spacial score (nSPS) is 11.4. The second-order valence-electron chi connectivity index (χ2n) is 4.47. The number of aryl methyl sites for hydroxylation is 2. The number of fused-ring (bicyclic) bond motifs is 1. The van der Waals surface area contributed by atoms with E-state index >= 15 is 0 Å². The van der Waals surface area contributed by atoms with Crippen LogP contribution in [0.5, 0.6) is 0 Å². The molecule has 0 N–H and O–H groups in total. The summed E-state index contributed by atoms with van der Waals surface area (Å²) in [5, 5.41) is 5.04. The van der Waals surface area contributed by atoms with E-state index < -0.39 is 0 Å². The van der Waals surface area contributed by atoms with Crippen LogP contribution >= 0.6 is 39.1 Å². The number of rotatable bonds is 2. The first kappa shape index (κ1) is 13.9. The van der Waals surface area contributed by atoms with Crippen molar-refractivity contribution < 1.29 is 0 Å². The summed E-state index contributed by atoms with van der Waals surface area (Å²) in [5.74, 6) is 1.05. The maximum Gasteiger partial charge on any atom is 0.163 e. The van der Waals surface area contributed by atoms with Crippen molar-refractivity contribution in [3.8, 4) is 5.69 Å². The van der Waals surface area contributed by atoms with Gasteiger partial charge < -0.3 is 0 Å². The summed E-state index contributed by atoms with van der Waals surface area (Å²) >= 11 is 15.8. The number of benzene rings is 1. The Morgan fingerprint density at radius 1 is 1.35 bits per heavy atom. The molecule has 0 bridgehead atoms. The smallest absolute Gasteiger partial charge is 0.163 e.